The Bertz CT molecular complexity index is 959. The van der Waals surface area contributed by atoms with Gasteiger partial charge in [-0.15, -0.1) is 15.3 Å². The molecule has 28 heavy (non-hydrogen) atoms. The number of nitrogens with one attached hydrogen (secondary N) is 1. The predicted molar refractivity (Wildman–Crippen MR) is 107 cm³/mol. The average Bonchev–Trinajstić information content (AvgIpc) is 3.32. The van der Waals surface area contributed by atoms with E-state index in [9.17, 15) is 4.79 Å². The number of nitrogens with zero attached hydrogens (tertiary/aromatic N) is 5. The molecule has 0 saturated heterocycles. The van der Waals surface area contributed by atoms with Gasteiger partial charge < -0.3 is 5.73 Å². The molecule has 146 valence electrons. The highest BCUT2D eigenvalue weighted by atomic mass is 32.1. The second-order valence-corrected chi connectivity index (χ2v) is 8.34. The zero-order chi connectivity index (χ0) is 19.5. The van der Waals surface area contributed by atoms with Gasteiger partial charge in [-0.05, 0) is 38.2 Å². The lowest BCUT2D eigenvalue weighted by atomic mass is 9.92. The maximum Gasteiger partial charge on any atom is 0.279 e. The Kier molecular flexibility index (Phi) is 5.45. The number of carbonyl (C=O) groups is 1. The Morgan fingerprint density at radius 2 is 2.07 bits per heavy atom. The van der Waals surface area contributed by atoms with Gasteiger partial charge in [0.05, 0.1) is 12.2 Å². The number of amides is 1. The highest BCUT2D eigenvalue weighted by Gasteiger charge is 2.22. The van der Waals surface area contributed by atoms with Gasteiger partial charge in [0.15, 0.2) is 5.69 Å². The summed E-state index contributed by atoms with van der Waals surface area (Å²) >= 11 is 1.37. The molecule has 0 aliphatic heterocycles. The van der Waals surface area contributed by atoms with E-state index in [1.54, 1.807) is 10.9 Å². The van der Waals surface area contributed by atoms with E-state index in [0.717, 1.165) is 30.7 Å². The van der Waals surface area contributed by atoms with Gasteiger partial charge in [0.2, 0.25) is 5.13 Å². The molecule has 0 spiro atoms. The van der Waals surface area contributed by atoms with Crippen molar-refractivity contribution in [2.75, 3.05) is 5.32 Å². The van der Waals surface area contributed by atoms with Crippen LogP contribution < -0.4 is 11.1 Å². The zero-order valence-corrected chi connectivity index (χ0v) is 16.5. The summed E-state index contributed by atoms with van der Waals surface area (Å²) in [7, 11) is 0. The quantitative estimate of drug-likeness (QED) is 0.685. The number of nitrogens with two attached hydrogens (primary N) is 1. The van der Waals surface area contributed by atoms with Crippen molar-refractivity contribution in [1.29, 1.82) is 0 Å². The molecule has 3 N–H and O–H groups in total. The van der Waals surface area contributed by atoms with E-state index in [0.29, 0.717) is 11.6 Å². The molecule has 1 amide bonds. The van der Waals surface area contributed by atoms with E-state index in [2.05, 4.69) is 50.9 Å². The standard InChI is InChI=1S/C19H23N7OS/c1-12-3-2-4-13(9-12)10-17-23-24-19(28-17)21-18(27)16-11-26(25-22-16)15-7-5-14(20)6-8-15/h2-4,9,11,14-15H,5-8,10,20H2,1H3,(H,21,24,27). The smallest absolute Gasteiger partial charge is 0.279 e. The molecule has 0 atom stereocenters. The SMILES string of the molecule is Cc1cccc(Cc2nnc(NC(=O)c3cn(C4CCC(N)CC4)nn3)s2)c1. The van der Waals surface area contributed by atoms with Crippen molar-refractivity contribution in [1.82, 2.24) is 25.2 Å². The first-order valence-corrected chi connectivity index (χ1v) is 10.2. The number of rotatable bonds is 5. The number of anilines is 1. The van der Waals surface area contributed by atoms with Crippen LogP contribution >= 0.6 is 11.3 Å². The van der Waals surface area contributed by atoms with Crippen LogP contribution in [-0.2, 0) is 6.42 Å². The summed E-state index contributed by atoms with van der Waals surface area (Å²) in [4.78, 5) is 12.5. The summed E-state index contributed by atoms with van der Waals surface area (Å²) in [5.74, 6) is -0.322. The monoisotopic (exact) mass is 397 g/mol. The van der Waals surface area contributed by atoms with Gasteiger partial charge in [-0.25, -0.2) is 4.68 Å². The number of aryl methyl sites for hydroxylation is 1. The maximum absolute atomic E-state index is 12.5. The number of hydrogen-bond donors (Lipinski definition) is 2. The van der Waals surface area contributed by atoms with Crippen molar-refractivity contribution in [2.45, 2.75) is 51.1 Å². The van der Waals surface area contributed by atoms with Crippen molar-refractivity contribution >= 4 is 22.4 Å². The molecular weight excluding hydrogens is 374 g/mol. The van der Waals surface area contributed by atoms with Crippen molar-refractivity contribution in [3.63, 3.8) is 0 Å². The molecule has 2 heterocycles. The maximum atomic E-state index is 12.5. The van der Waals surface area contributed by atoms with Gasteiger partial charge in [0.25, 0.3) is 5.91 Å². The Morgan fingerprint density at radius 1 is 1.25 bits per heavy atom. The van der Waals surface area contributed by atoms with Crippen LogP contribution in [0.2, 0.25) is 0 Å². The van der Waals surface area contributed by atoms with Crippen LogP contribution in [0.4, 0.5) is 5.13 Å². The van der Waals surface area contributed by atoms with Gasteiger partial charge >= 0.3 is 0 Å². The molecule has 8 nitrogen and oxygen atoms in total. The summed E-state index contributed by atoms with van der Waals surface area (Å²) in [5.41, 5.74) is 8.61. The first-order valence-electron chi connectivity index (χ1n) is 9.43. The number of aromatic nitrogens is 5. The number of benzene rings is 1. The van der Waals surface area contributed by atoms with Crippen molar-refractivity contribution < 1.29 is 4.79 Å². The van der Waals surface area contributed by atoms with Crippen LogP contribution in [0.3, 0.4) is 0 Å². The van der Waals surface area contributed by atoms with Gasteiger partial charge in [0.1, 0.15) is 5.01 Å². The molecule has 3 aromatic rings. The third kappa shape index (κ3) is 4.42. The third-order valence-electron chi connectivity index (χ3n) is 4.98. The van der Waals surface area contributed by atoms with E-state index in [-0.39, 0.29) is 23.7 Å². The lowest BCUT2D eigenvalue weighted by Gasteiger charge is -2.25. The highest BCUT2D eigenvalue weighted by molar-refractivity contribution is 7.15. The van der Waals surface area contributed by atoms with Crippen LogP contribution in [0.5, 0.6) is 0 Å². The number of hydrogen-bond acceptors (Lipinski definition) is 7. The summed E-state index contributed by atoms with van der Waals surface area (Å²) in [6, 6.07) is 8.80. The molecule has 1 aliphatic rings. The second kappa shape index (κ2) is 8.15. The Hall–Kier alpha value is -2.65. The molecule has 1 saturated carbocycles. The second-order valence-electron chi connectivity index (χ2n) is 7.27. The molecule has 4 rings (SSSR count). The molecule has 0 radical (unpaired) electrons. The van der Waals surface area contributed by atoms with Crippen LogP contribution in [0.1, 0.15) is 58.3 Å². The van der Waals surface area contributed by atoms with Crippen molar-refractivity contribution in [3.8, 4) is 0 Å². The van der Waals surface area contributed by atoms with Crippen LogP contribution in [-0.4, -0.2) is 37.1 Å². The van der Waals surface area contributed by atoms with E-state index in [1.807, 2.05) is 6.07 Å². The van der Waals surface area contributed by atoms with Gasteiger partial charge in [-0.2, -0.15) is 0 Å². The van der Waals surface area contributed by atoms with E-state index >= 15 is 0 Å². The van der Waals surface area contributed by atoms with Crippen LogP contribution in [0, 0.1) is 6.92 Å². The summed E-state index contributed by atoms with van der Waals surface area (Å²) in [6.45, 7) is 2.06. The molecule has 9 heteroatoms. The van der Waals surface area contributed by atoms with E-state index in [1.165, 1.54) is 22.5 Å². The molecular formula is C19H23N7OS. The predicted octanol–water partition coefficient (Wildman–Crippen LogP) is 2.72. The molecule has 0 unspecified atom stereocenters. The minimum absolute atomic E-state index is 0.260. The minimum atomic E-state index is -0.322. The normalized spacial score (nSPS) is 19.5. The first kappa shape index (κ1) is 18.7. The van der Waals surface area contributed by atoms with Gasteiger partial charge in [-0.3, -0.25) is 10.1 Å². The van der Waals surface area contributed by atoms with Gasteiger partial charge in [-0.1, -0.05) is 46.4 Å². The van der Waals surface area contributed by atoms with E-state index < -0.39 is 0 Å². The topological polar surface area (TPSA) is 112 Å². The Morgan fingerprint density at radius 3 is 2.86 bits per heavy atom. The Labute approximate surface area is 167 Å². The zero-order valence-electron chi connectivity index (χ0n) is 15.7. The molecule has 1 fully saturated rings. The van der Waals surface area contributed by atoms with Crippen molar-refractivity contribution in [3.05, 3.63) is 52.3 Å². The molecule has 0 bridgehead atoms. The summed E-state index contributed by atoms with van der Waals surface area (Å²) < 4.78 is 1.78. The fraction of sp³-hybridized carbons (Fsp3) is 0.421. The van der Waals surface area contributed by atoms with Gasteiger partial charge in [0, 0.05) is 12.5 Å². The Balaban J connectivity index is 1.37. The van der Waals surface area contributed by atoms with Crippen molar-refractivity contribution in [2.24, 2.45) is 5.73 Å². The molecule has 1 aliphatic carbocycles. The average molecular weight is 398 g/mol. The third-order valence-corrected chi connectivity index (χ3v) is 5.82. The summed E-state index contributed by atoms with van der Waals surface area (Å²) in [5, 5.41) is 20.5. The van der Waals surface area contributed by atoms with E-state index in [4.69, 9.17) is 5.73 Å². The van der Waals surface area contributed by atoms with Crippen LogP contribution in [0.25, 0.3) is 0 Å². The fourth-order valence-corrected chi connectivity index (χ4v) is 4.23. The minimum Gasteiger partial charge on any atom is -0.328 e. The first-order chi connectivity index (χ1) is 13.6. The summed E-state index contributed by atoms with van der Waals surface area (Å²) in [6.07, 6.45) is 6.26. The lowest BCUT2D eigenvalue weighted by Crippen LogP contribution is -2.28. The molecule has 1 aromatic carbocycles. The molecule has 2 aromatic heterocycles. The number of carbonyl (C=O) groups excluding carboxylic acids is 1. The fourth-order valence-electron chi connectivity index (χ4n) is 3.46. The van der Waals surface area contributed by atoms with Crippen LogP contribution in [0.15, 0.2) is 30.5 Å². The highest BCUT2D eigenvalue weighted by Crippen LogP contribution is 2.27. The largest absolute Gasteiger partial charge is 0.328 e. The lowest BCUT2D eigenvalue weighted by molar-refractivity contribution is 0.102.